The van der Waals surface area contributed by atoms with E-state index in [1.54, 1.807) is 0 Å². The van der Waals surface area contributed by atoms with Crippen LogP contribution in [0.15, 0.2) is 17.1 Å². The Morgan fingerprint density at radius 3 is 2.89 bits per heavy atom. The van der Waals surface area contributed by atoms with Crippen molar-refractivity contribution in [1.29, 1.82) is 5.26 Å². The number of ether oxygens (including phenoxy) is 1. The van der Waals surface area contributed by atoms with Gasteiger partial charge in [0.05, 0.1) is 19.1 Å². The summed E-state index contributed by atoms with van der Waals surface area (Å²) in [4.78, 5) is 26.3. The molecule has 19 heavy (non-hydrogen) atoms. The Hall–Kier alpha value is -2.24. The zero-order valence-corrected chi connectivity index (χ0v) is 10.3. The molecule has 0 aliphatic heterocycles. The first-order valence-corrected chi connectivity index (χ1v) is 5.48. The van der Waals surface area contributed by atoms with E-state index in [0.717, 1.165) is 4.57 Å². The van der Waals surface area contributed by atoms with Crippen LogP contribution < -0.4 is 11.4 Å². The number of nitrogen functional groups attached to an aromatic ring is 1. The molecule has 2 atom stereocenters. The second-order valence-corrected chi connectivity index (χ2v) is 3.78. The Morgan fingerprint density at radius 1 is 1.74 bits per heavy atom. The number of nitrogens with zero attached hydrogens (tertiary/aromatic N) is 3. The lowest BCUT2D eigenvalue weighted by Gasteiger charge is -2.21. The molecule has 1 heterocycles. The van der Waals surface area contributed by atoms with Crippen molar-refractivity contribution in [2.24, 2.45) is 0 Å². The highest BCUT2D eigenvalue weighted by Gasteiger charge is 2.22. The molecule has 102 valence electrons. The van der Waals surface area contributed by atoms with Crippen molar-refractivity contribution in [1.82, 2.24) is 9.55 Å². The van der Waals surface area contributed by atoms with E-state index in [1.165, 1.54) is 19.2 Å². The minimum absolute atomic E-state index is 0.0437. The molecule has 0 saturated carbocycles. The van der Waals surface area contributed by atoms with Gasteiger partial charge in [-0.25, -0.2) is 4.79 Å². The normalized spacial score (nSPS) is 13.5. The number of rotatable bonds is 6. The van der Waals surface area contributed by atoms with Crippen molar-refractivity contribution in [3.8, 4) is 6.07 Å². The van der Waals surface area contributed by atoms with E-state index < -0.39 is 30.4 Å². The number of nitriles is 1. The van der Waals surface area contributed by atoms with Crippen molar-refractivity contribution in [3.05, 3.63) is 22.7 Å². The number of carbonyl (C=O) groups is 1. The fourth-order valence-corrected chi connectivity index (χ4v) is 1.39. The van der Waals surface area contributed by atoms with Gasteiger partial charge in [0, 0.05) is 6.20 Å². The van der Waals surface area contributed by atoms with E-state index in [9.17, 15) is 9.59 Å². The highest BCUT2D eigenvalue weighted by Crippen LogP contribution is 2.14. The van der Waals surface area contributed by atoms with Gasteiger partial charge in [-0.05, 0) is 13.0 Å². The molecule has 0 unspecified atom stereocenters. The lowest BCUT2D eigenvalue weighted by Crippen LogP contribution is -2.34. The quantitative estimate of drug-likeness (QED) is 0.689. The topological polar surface area (TPSA) is 131 Å². The highest BCUT2D eigenvalue weighted by atomic mass is 16.5. The molecule has 0 aliphatic carbocycles. The first-order valence-electron chi connectivity index (χ1n) is 5.48. The van der Waals surface area contributed by atoms with Crippen LogP contribution in [0.25, 0.3) is 0 Å². The van der Waals surface area contributed by atoms with Crippen molar-refractivity contribution in [3.63, 3.8) is 0 Å². The van der Waals surface area contributed by atoms with Crippen molar-refractivity contribution < 1.29 is 14.6 Å². The van der Waals surface area contributed by atoms with Crippen LogP contribution in [0.3, 0.4) is 0 Å². The first-order chi connectivity index (χ1) is 8.99. The van der Waals surface area contributed by atoms with Gasteiger partial charge < -0.3 is 15.6 Å². The van der Waals surface area contributed by atoms with Crippen LogP contribution in [0.5, 0.6) is 0 Å². The van der Waals surface area contributed by atoms with Gasteiger partial charge in [0.1, 0.15) is 11.9 Å². The summed E-state index contributed by atoms with van der Waals surface area (Å²) < 4.78 is 6.32. The molecule has 0 bridgehead atoms. The molecule has 1 aromatic heterocycles. The summed E-state index contributed by atoms with van der Waals surface area (Å²) in [6.45, 7) is 0.711. The molecule has 0 saturated heterocycles. The van der Waals surface area contributed by atoms with Gasteiger partial charge >= 0.3 is 5.69 Å². The fourth-order valence-electron chi connectivity index (χ4n) is 1.39. The summed E-state index contributed by atoms with van der Waals surface area (Å²) in [6.07, 6.45) is -0.953. The number of ketones is 1. The zero-order chi connectivity index (χ0) is 14.4. The molecule has 0 aliphatic rings. The van der Waals surface area contributed by atoms with Gasteiger partial charge in [-0.3, -0.25) is 9.36 Å². The van der Waals surface area contributed by atoms with E-state index in [4.69, 9.17) is 20.8 Å². The van der Waals surface area contributed by atoms with Crippen LogP contribution >= 0.6 is 0 Å². The maximum Gasteiger partial charge on any atom is 0.351 e. The number of Topliss-reactive ketones (excluding diaryl/α,β-unsaturated/α-hetero) is 1. The van der Waals surface area contributed by atoms with Crippen LogP contribution in [0, 0.1) is 11.3 Å². The van der Waals surface area contributed by atoms with E-state index in [-0.39, 0.29) is 12.2 Å². The Bertz CT molecular complexity index is 548. The minimum atomic E-state index is -1.09. The number of aromatic nitrogens is 2. The molecule has 0 radical (unpaired) electrons. The highest BCUT2D eigenvalue weighted by molar-refractivity contribution is 5.80. The largest absolute Gasteiger partial charge is 0.393 e. The van der Waals surface area contributed by atoms with Crippen LogP contribution in [-0.4, -0.2) is 33.2 Å². The van der Waals surface area contributed by atoms with Gasteiger partial charge in [0.2, 0.25) is 0 Å². The molecule has 3 N–H and O–H groups in total. The Labute approximate surface area is 109 Å². The number of carbonyl (C=O) groups excluding carboxylic acids is 1. The third-order valence-electron chi connectivity index (χ3n) is 2.37. The van der Waals surface area contributed by atoms with Gasteiger partial charge in [0.15, 0.2) is 12.0 Å². The summed E-state index contributed by atoms with van der Waals surface area (Å²) in [6, 6.07) is 3.21. The zero-order valence-electron chi connectivity index (χ0n) is 10.3. The van der Waals surface area contributed by atoms with Gasteiger partial charge in [0.25, 0.3) is 0 Å². The summed E-state index contributed by atoms with van der Waals surface area (Å²) in [5, 5.41) is 17.8. The maximum atomic E-state index is 11.6. The molecule has 1 aromatic rings. The smallest absolute Gasteiger partial charge is 0.351 e. The van der Waals surface area contributed by atoms with E-state index in [1.807, 2.05) is 6.07 Å². The Balaban J connectivity index is 3.03. The lowest BCUT2D eigenvalue weighted by molar-refractivity contribution is -0.140. The molecular formula is C11H14N4O4. The summed E-state index contributed by atoms with van der Waals surface area (Å²) in [5.41, 5.74) is 4.66. The maximum absolute atomic E-state index is 11.6. The number of aliphatic hydroxyl groups is 1. The van der Waals surface area contributed by atoms with E-state index >= 15 is 0 Å². The van der Waals surface area contributed by atoms with Crippen molar-refractivity contribution in [2.45, 2.75) is 25.7 Å². The number of anilines is 1. The van der Waals surface area contributed by atoms with Crippen molar-refractivity contribution in [2.75, 3.05) is 12.3 Å². The van der Waals surface area contributed by atoms with Gasteiger partial charge in [-0.2, -0.15) is 10.2 Å². The SMILES string of the molecule is CC(=O)[C@@H](CO)O[C@@H](CC#N)n1ccc(N)nc1=O. The minimum Gasteiger partial charge on any atom is -0.393 e. The fraction of sp³-hybridized carbons (Fsp3) is 0.455. The molecule has 8 heteroatoms. The molecule has 0 fully saturated rings. The molecular weight excluding hydrogens is 252 g/mol. The van der Waals surface area contributed by atoms with Crippen molar-refractivity contribution >= 4 is 11.6 Å². The van der Waals surface area contributed by atoms with Gasteiger partial charge in [-0.15, -0.1) is 0 Å². The predicted octanol–water partition coefficient (Wildman–Crippen LogP) is -0.796. The molecule has 0 aromatic carbocycles. The van der Waals surface area contributed by atoms with E-state index in [2.05, 4.69) is 4.98 Å². The van der Waals surface area contributed by atoms with Crippen LogP contribution in [0.1, 0.15) is 19.6 Å². The Kier molecular flexibility index (Phi) is 5.17. The third kappa shape index (κ3) is 3.87. The number of aliphatic hydroxyl groups excluding tert-OH is 1. The molecule has 8 nitrogen and oxygen atoms in total. The number of hydrogen-bond acceptors (Lipinski definition) is 7. The number of hydrogen-bond donors (Lipinski definition) is 2. The molecule has 0 spiro atoms. The molecule has 0 amide bonds. The standard InChI is InChI=1S/C11H14N4O4/c1-7(17)8(6-16)19-10(2-4-12)15-5-3-9(13)14-11(15)18/h3,5,8,10,16H,2,6H2,1H3,(H2,13,14,18)/t8-,10+/m1/s1. The van der Waals surface area contributed by atoms with Gasteiger partial charge in [-0.1, -0.05) is 0 Å². The van der Waals surface area contributed by atoms with E-state index in [0.29, 0.717) is 0 Å². The summed E-state index contributed by atoms with van der Waals surface area (Å²) in [5.74, 6) is -0.357. The number of nitrogens with two attached hydrogens (primary N) is 1. The predicted molar refractivity (Wildman–Crippen MR) is 64.8 cm³/mol. The molecule has 1 rings (SSSR count). The van der Waals surface area contributed by atoms with Crippen LogP contribution in [-0.2, 0) is 9.53 Å². The van der Waals surface area contributed by atoms with Crippen LogP contribution in [0.2, 0.25) is 0 Å². The second kappa shape index (κ2) is 6.63. The second-order valence-electron chi connectivity index (χ2n) is 3.78. The summed E-state index contributed by atoms with van der Waals surface area (Å²) >= 11 is 0. The summed E-state index contributed by atoms with van der Waals surface area (Å²) in [7, 11) is 0. The average Bonchev–Trinajstić information content (AvgIpc) is 2.34. The average molecular weight is 266 g/mol. The first kappa shape index (κ1) is 14.8. The van der Waals surface area contributed by atoms with Crippen LogP contribution in [0.4, 0.5) is 5.82 Å². The third-order valence-corrected chi connectivity index (χ3v) is 2.37. The Morgan fingerprint density at radius 2 is 2.42 bits per heavy atom. The lowest BCUT2D eigenvalue weighted by atomic mass is 10.2. The monoisotopic (exact) mass is 266 g/mol.